The number of carbonyl (C=O) groups excluding carboxylic acids is 2. The van der Waals surface area contributed by atoms with E-state index in [0.717, 1.165) is 11.3 Å². The summed E-state index contributed by atoms with van der Waals surface area (Å²) in [5, 5.41) is 12.5. The van der Waals surface area contributed by atoms with E-state index in [9.17, 15) is 14.4 Å². The Morgan fingerprint density at radius 3 is 2.78 bits per heavy atom. The second-order valence-corrected chi connectivity index (χ2v) is 7.57. The van der Waals surface area contributed by atoms with Gasteiger partial charge in [-0.3, -0.25) is 14.4 Å². The van der Waals surface area contributed by atoms with Gasteiger partial charge in [-0.1, -0.05) is 11.6 Å². The van der Waals surface area contributed by atoms with Gasteiger partial charge in [0.2, 0.25) is 11.8 Å². The summed E-state index contributed by atoms with van der Waals surface area (Å²) in [7, 11) is 0. The highest BCUT2D eigenvalue weighted by Crippen LogP contribution is 2.31. The van der Waals surface area contributed by atoms with E-state index >= 15 is 0 Å². The Morgan fingerprint density at radius 1 is 1.30 bits per heavy atom. The molecular weight excluding hydrogens is 372 g/mol. The Bertz CT molecular complexity index is 754. The highest BCUT2D eigenvalue weighted by molar-refractivity contribution is 6.30. The van der Waals surface area contributed by atoms with Gasteiger partial charge in [-0.15, -0.1) is 0 Å². The first-order valence-electron chi connectivity index (χ1n) is 9.09. The molecule has 1 aromatic carbocycles. The summed E-state index contributed by atoms with van der Waals surface area (Å²) in [6.07, 6.45) is 1.92. The molecule has 1 fully saturated rings. The van der Waals surface area contributed by atoms with Gasteiger partial charge in [-0.25, -0.2) is 0 Å². The highest BCUT2D eigenvalue weighted by Gasteiger charge is 2.38. The van der Waals surface area contributed by atoms with E-state index in [2.05, 4.69) is 5.32 Å². The standard InChI is InChI=1S/C19H23ClN2O5/c20-14-1-2-15-13(11-14)12-22(9-10-27-15)17(24)4-7-19(8-5-18(25)26)6-3-16(23)21-19/h1-2,11H,3-10,12H2,(H,21,23)(H,25,26). The van der Waals surface area contributed by atoms with Crippen LogP contribution in [0.3, 0.4) is 0 Å². The van der Waals surface area contributed by atoms with Crippen LogP contribution in [0.15, 0.2) is 18.2 Å². The summed E-state index contributed by atoms with van der Waals surface area (Å²) < 4.78 is 5.69. The molecular formula is C19H23ClN2O5. The fourth-order valence-corrected chi connectivity index (χ4v) is 3.89. The highest BCUT2D eigenvalue weighted by atomic mass is 35.5. The van der Waals surface area contributed by atoms with Gasteiger partial charge >= 0.3 is 5.97 Å². The molecule has 8 heteroatoms. The van der Waals surface area contributed by atoms with Crippen molar-refractivity contribution >= 4 is 29.4 Å². The SMILES string of the molecule is O=C(O)CCC1(CCC(=O)N2CCOc3ccc(Cl)cc3C2)CCC(=O)N1. The molecule has 2 aliphatic rings. The molecule has 2 N–H and O–H groups in total. The molecule has 2 heterocycles. The van der Waals surface area contributed by atoms with E-state index in [4.69, 9.17) is 21.4 Å². The first-order valence-corrected chi connectivity index (χ1v) is 9.46. The Labute approximate surface area is 162 Å². The first kappa shape index (κ1) is 19.5. The predicted octanol–water partition coefficient (Wildman–Crippen LogP) is 2.35. The molecule has 1 aromatic rings. The Kier molecular flexibility index (Phi) is 5.89. The van der Waals surface area contributed by atoms with Crippen LogP contribution >= 0.6 is 11.6 Å². The molecule has 0 radical (unpaired) electrons. The predicted molar refractivity (Wildman–Crippen MR) is 98.6 cm³/mol. The van der Waals surface area contributed by atoms with Crippen LogP contribution in [0.5, 0.6) is 5.75 Å². The van der Waals surface area contributed by atoms with Gasteiger partial charge in [0.25, 0.3) is 0 Å². The molecule has 0 aliphatic carbocycles. The van der Waals surface area contributed by atoms with Crippen LogP contribution in [0.4, 0.5) is 0 Å². The minimum atomic E-state index is -0.903. The van der Waals surface area contributed by atoms with Crippen molar-refractivity contribution < 1.29 is 24.2 Å². The largest absolute Gasteiger partial charge is 0.491 e. The van der Waals surface area contributed by atoms with Crippen molar-refractivity contribution in [2.75, 3.05) is 13.2 Å². The van der Waals surface area contributed by atoms with Gasteiger partial charge in [-0.2, -0.15) is 0 Å². The number of aliphatic carboxylic acids is 1. The van der Waals surface area contributed by atoms with E-state index in [0.29, 0.717) is 50.4 Å². The number of rotatable bonds is 6. The van der Waals surface area contributed by atoms with Crippen LogP contribution in [0.25, 0.3) is 0 Å². The molecule has 3 rings (SSSR count). The van der Waals surface area contributed by atoms with Crippen LogP contribution in [-0.4, -0.2) is 46.5 Å². The first-order chi connectivity index (χ1) is 12.9. The fourth-order valence-electron chi connectivity index (χ4n) is 3.70. The van der Waals surface area contributed by atoms with Crippen LogP contribution in [0.1, 0.15) is 44.1 Å². The van der Waals surface area contributed by atoms with Crippen molar-refractivity contribution in [3.05, 3.63) is 28.8 Å². The number of ether oxygens (including phenoxy) is 1. The number of hydrogen-bond acceptors (Lipinski definition) is 4. The molecule has 1 saturated heterocycles. The maximum atomic E-state index is 12.8. The Hall–Kier alpha value is -2.28. The zero-order chi connectivity index (χ0) is 19.4. The number of carboxylic acids is 1. The average Bonchev–Trinajstić information content (AvgIpc) is 2.86. The number of halogens is 1. The Morgan fingerprint density at radius 2 is 2.07 bits per heavy atom. The zero-order valence-corrected chi connectivity index (χ0v) is 15.8. The van der Waals surface area contributed by atoms with Gasteiger partial charge in [0.15, 0.2) is 0 Å². The lowest BCUT2D eigenvalue weighted by atomic mass is 9.86. The topological polar surface area (TPSA) is 95.9 Å². The summed E-state index contributed by atoms with van der Waals surface area (Å²) in [4.78, 5) is 37.1. The van der Waals surface area contributed by atoms with Gasteiger partial charge < -0.3 is 20.1 Å². The monoisotopic (exact) mass is 394 g/mol. The maximum Gasteiger partial charge on any atom is 0.303 e. The second kappa shape index (κ2) is 8.17. The van der Waals surface area contributed by atoms with Crippen molar-refractivity contribution in [2.45, 2.75) is 50.6 Å². The third kappa shape index (κ3) is 4.91. The Balaban J connectivity index is 1.63. The molecule has 0 aromatic heterocycles. The minimum absolute atomic E-state index is 0.0299. The zero-order valence-electron chi connectivity index (χ0n) is 15.0. The third-order valence-corrected chi connectivity index (χ3v) is 5.46. The lowest BCUT2D eigenvalue weighted by molar-refractivity contribution is -0.137. The summed E-state index contributed by atoms with van der Waals surface area (Å²) in [6.45, 7) is 1.30. The number of carboxylic acid groups (broad SMARTS) is 1. The van der Waals surface area contributed by atoms with Crippen molar-refractivity contribution in [1.29, 1.82) is 0 Å². The summed E-state index contributed by atoms with van der Waals surface area (Å²) in [5.74, 6) is -0.294. The minimum Gasteiger partial charge on any atom is -0.491 e. The number of benzene rings is 1. The van der Waals surface area contributed by atoms with Crippen molar-refractivity contribution in [2.24, 2.45) is 0 Å². The molecule has 7 nitrogen and oxygen atoms in total. The van der Waals surface area contributed by atoms with Crippen molar-refractivity contribution in [3.8, 4) is 5.75 Å². The van der Waals surface area contributed by atoms with E-state index < -0.39 is 11.5 Å². The lowest BCUT2D eigenvalue weighted by Gasteiger charge is -2.30. The maximum absolute atomic E-state index is 12.8. The number of nitrogens with zero attached hydrogens (tertiary/aromatic N) is 1. The molecule has 1 unspecified atom stereocenters. The average molecular weight is 395 g/mol. The molecule has 2 aliphatic heterocycles. The van der Waals surface area contributed by atoms with Gasteiger partial charge in [-0.05, 0) is 37.5 Å². The van der Waals surface area contributed by atoms with Crippen LogP contribution in [-0.2, 0) is 20.9 Å². The number of amides is 2. The van der Waals surface area contributed by atoms with Gasteiger partial charge in [0.05, 0.1) is 6.54 Å². The van der Waals surface area contributed by atoms with E-state index in [-0.39, 0.29) is 24.7 Å². The number of carbonyl (C=O) groups is 3. The van der Waals surface area contributed by atoms with Gasteiger partial charge in [0, 0.05) is 41.9 Å². The lowest BCUT2D eigenvalue weighted by Crippen LogP contribution is -2.43. The summed E-state index contributed by atoms with van der Waals surface area (Å²) in [6, 6.07) is 5.36. The van der Waals surface area contributed by atoms with E-state index in [1.54, 1.807) is 23.1 Å². The molecule has 146 valence electrons. The van der Waals surface area contributed by atoms with Gasteiger partial charge in [0.1, 0.15) is 12.4 Å². The molecule has 0 spiro atoms. The molecule has 0 saturated carbocycles. The second-order valence-electron chi connectivity index (χ2n) is 7.14. The van der Waals surface area contributed by atoms with Crippen molar-refractivity contribution in [3.63, 3.8) is 0 Å². The smallest absolute Gasteiger partial charge is 0.303 e. The summed E-state index contributed by atoms with van der Waals surface area (Å²) in [5.41, 5.74) is 0.262. The fraction of sp³-hybridized carbons (Fsp3) is 0.526. The molecule has 27 heavy (non-hydrogen) atoms. The van der Waals surface area contributed by atoms with Crippen LogP contribution in [0.2, 0.25) is 5.02 Å². The molecule has 0 bridgehead atoms. The number of fused-ring (bicyclic) bond motifs is 1. The number of nitrogens with one attached hydrogen (secondary N) is 1. The van der Waals surface area contributed by atoms with Crippen molar-refractivity contribution in [1.82, 2.24) is 10.2 Å². The van der Waals surface area contributed by atoms with E-state index in [1.807, 2.05) is 0 Å². The molecule has 1 atom stereocenters. The number of hydrogen-bond donors (Lipinski definition) is 2. The van der Waals surface area contributed by atoms with E-state index in [1.165, 1.54) is 0 Å². The molecule has 2 amide bonds. The quantitative estimate of drug-likeness (QED) is 0.772. The summed E-state index contributed by atoms with van der Waals surface area (Å²) >= 11 is 6.05. The normalized spacial score (nSPS) is 21.8. The third-order valence-electron chi connectivity index (χ3n) is 5.23. The van der Waals surface area contributed by atoms with Crippen LogP contribution < -0.4 is 10.1 Å². The van der Waals surface area contributed by atoms with Crippen LogP contribution in [0, 0.1) is 0 Å².